The predicted molar refractivity (Wildman–Crippen MR) is 112 cm³/mol. The van der Waals surface area contributed by atoms with Crippen molar-refractivity contribution in [2.75, 3.05) is 0 Å². The lowest BCUT2D eigenvalue weighted by Gasteiger charge is -2.05. The topological polar surface area (TPSA) is 67.8 Å². The summed E-state index contributed by atoms with van der Waals surface area (Å²) in [4.78, 5) is 24.1. The largest absolute Gasteiger partial charge is 0.423 e. The Balaban J connectivity index is 1.57. The van der Waals surface area contributed by atoms with Crippen LogP contribution in [0.25, 0.3) is 0 Å². The molecule has 0 aliphatic rings. The van der Waals surface area contributed by atoms with Crippen LogP contribution in [0.4, 0.5) is 0 Å². The van der Waals surface area contributed by atoms with Gasteiger partial charge >= 0.3 is 5.97 Å². The van der Waals surface area contributed by atoms with Crippen LogP contribution in [0.1, 0.15) is 26.3 Å². The number of hydrogen-bond donors (Lipinski definition) is 1. The lowest BCUT2D eigenvalue weighted by Crippen LogP contribution is -2.17. The monoisotopic (exact) mass is 456 g/mol. The van der Waals surface area contributed by atoms with E-state index in [1.807, 2.05) is 6.07 Å². The third-order valence-corrected chi connectivity index (χ3v) is 4.35. The molecule has 0 saturated heterocycles. The average Bonchev–Trinajstić information content (AvgIpc) is 2.69. The van der Waals surface area contributed by atoms with Gasteiger partial charge in [0, 0.05) is 15.1 Å². The molecule has 0 atom stereocenters. The molecular formula is C21H14BrClN2O3. The maximum Gasteiger partial charge on any atom is 0.343 e. The molecular weight excluding hydrogens is 444 g/mol. The van der Waals surface area contributed by atoms with Gasteiger partial charge in [0.2, 0.25) is 0 Å². The van der Waals surface area contributed by atoms with Gasteiger partial charge in [0.25, 0.3) is 5.91 Å². The minimum Gasteiger partial charge on any atom is -0.423 e. The zero-order valence-electron chi connectivity index (χ0n) is 14.4. The molecule has 5 nitrogen and oxygen atoms in total. The summed E-state index contributed by atoms with van der Waals surface area (Å²) in [5.74, 6) is -0.421. The summed E-state index contributed by atoms with van der Waals surface area (Å²) in [6, 6.07) is 20.2. The number of esters is 1. The first kappa shape index (κ1) is 19.8. The quantitative estimate of drug-likeness (QED) is 0.251. The fraction of sp³-hybridized carbons (Fsp3) is 0. The van der Waals surface area contributed by atoms with E-state index >= 15 is 0 Å². The van der Waals surface area contributed by atoms with Crippen LogP contribution in [0.2, 0.25) is 5.02 Å². The third kappa shape index (κ3) is 5.52. The highest BCUT2D eigenvalue weighted by molar-refractivity contribution is 9.10. The number of amides is 1. The van der Waals surface area contributed by atoms with Gasteiger partial charge in [-0.15, -0.1) is 0 Å². The molecule has 0 unspecified atom stereocenters. The van der Waals surface area contributed by atoms with Crippen LogP contribution in [0, 0.1) is 0 Å². The second-order valence-electron chi connectivity index (χ2n) is 5.68. The van der Waals surface area contributed by atoms with Crippen molar-refractivity contribution in [1.82, 2.24) is 5.43 Å². The van der Waals surface area contributed by atoms with Gasteiger partial charge in [-0.1, -0.05) is 39.7 Å². The highest BCUT2D eigenvalue weighted by Crippen LogP contribution is 2.16. The van der Waals surface area contributed by atoms with Crippen molar-refractivity contribution in [1.29, 1.82) is 0 Å². The molecule has 140 valence electrons. The zero-order chi connectivity index (χ0) is 19.9. The Hall–Kier alpha value is -2.96. The van der Waals surface area contributed by atoms with Crippen molar-refractivity contribution in [2.24, 2.45) is 5.10 Å². The minimum atomic E-state index is -0.495. The molecule has 0 radical (unpaired) electrons. The molecule has 0 fully saturated rings. The molecule has 0 aliphatic carbocycles. The van der Waals surface area contributed by atoms with Crippen molar-refractivity contribution >= 4 is 45.6 Å². The molecule has 3 rings (SSSR count). The Morgan fingerprint density at radius 2 is 1.68 bits per heavy atom. The Bertz CT molecular complexity index is 1040. The van der Waals surface area contributed by atoms with Crippen molar-refractivity contribution in [3.63, 3.8) is 0 Å². The van der Waals surface area contributed by atoms with Gasteiger partial charge in [-0.05, 0) is 66.2 Å². The van der Waals surface area contributed by atoms with Gasteiger partial charge in [0.05, 0.1) is 11.8 Å². The maximum absolute atomic E-state index is 12.1. The van der Waals surface area contributed by atoms with Crippen LogP contribution < -0.4 is 10.2 Å². The minimum absolute atomic E-state index is 0.315. The second kappa shape index (κ2) is 9.30. The van der Waals surface area contributed by atoms with Crippen LogP contribution in [0.15, 0.2) is 82.4 Å². The van der Waals surface area contributed by atoms with Crippen LogP contribution in [0.5, 0.6) is 5.75 Å². The van der Waals surface area contributed by atoms with Crippen molar-refractivity contribution in [3.8, 4) is 5.75 Å². The highest BCUT2D eigenvalue weighted by Gasteiger charge is 2.09. The number of hydrogen-bond acceptors (Lipinski definition) is 4. The lowest BCUT2D eigenvalue weighted by molar-refractivity contribution is 0.0734. The van der Waals surface area contributed by atoms with Crippen LogP contribution in [-0.2, 0) is 0 Å². The molecule has 7 heteroatoms. The SMILES string of the molecule is O=C(N/N=C/c1ccc(OC(=O)c2cccc(Cl)c2)cc1)c1cccc(Br)c1. The summed E-state index contributed by atoms with van der Waals surface area (Å²) in [7, 11) is 0. The number of benzene rings is 3. The molecule has 0 heterocycles. The van der Waals surface area contributed by atoms with E-state index in [1.54, 1.807) is 66.7 Å². The fourth-order valence-corrected chi connectivity index (χ4v) is 2.85. The molecule has 0 bridgehead atoms. The smallest absolute Gasteiger partial charge is 0.343 e. The van der Waals surface area contributed by atoms with Gasteiger partial charge in [-0.3, -0.25) is 4.79 Å². The van der Waals surface area contributed by atoms with E-state index in [2.05, 4.69) is 26.5 Å². The number of rotatable bonds is 5. The number of carbonyl (C=O) groups is 2. The van der Waals surface area contributed by atoms with Gasteiger partial charge in [0.1, 0.15) is 5.75 Å². The van der Waals surface area contributed by atoms with Crippen LogP contribution >= 0.6 is 27.5 Å². The highest BCUT2D eigenvalue weighted by atomic mass is 79.9. The lowest BCUT2D eigenvalue weighted by atomic mass is 10.2. The van der Waals surface area contributed by atoms with Gasteiger partial charge < -0.3 is 4.74 Å². The van der Waals surface area contributed by atoms with E-state index in [-0.39, 0.29) is 5.91 Å². The Morgan fingerprint density at radius 1 is 0.964 bits per heavy atom. The Labute approximate surface area is 175 Å². The fourth-order valence-electron chi connectivity index (χ4n) is 2.26. The van der Waals surface area contributed by atoms with Gasteiger partial charge in [0.15, 0.2) is 0 Å². The van der Waals surface area contributed by atoms with Crippen molar-refractivity contribution in [2.45, 2.75) is 0 Å². The maximum atomic E-state index is 12.1. The first-order valence-electron chi connectivity index (χ1n) is 8.18. The van der Waals surface area contributed by atoms with E-state index in [9.17, 15) is 9.59 Å². The number of ether oxygens (including phenoxy) is 1. The predicted octanol–water partition coefficient (Wildman–Crippen LogP) is 5.09. The normalized spacial score (nSPS) is 10.6. The van der Waals surface area contributed by atoms with Crippen LogP contribution in [0.3, 0.4) is 0 Å². The van der Waals surface area contributed by atoms with E-state index in [1.165, 1.54) is 6.21 Å². The number of nitrogens with one attached hydrogen (secondary N) is 1. The molecule has 0 aromatic heterocycles. The van der Waals surface area contributed by atoms with Gasteiger partial charge in [-0.25, -0.2) is 10.2 Å². The number of carbonyl (C=O) groups excluding carboxylic acids is 2. The number of nitrogens with zero attached hydrogens (tertiary/aromatic N) is 1. The van der Waals surface area contributed by atoms with E-state index in [0.717, 1.165) is 10.0 Å². The van der Waals surface area contributed by atoms with Gasteiger partial charge in [-0.2, -0.15) is 5.10 Å². The molecule has 1 amide bonds. The molecule has 28 heavy (non-hydrogen) atoms. The van der Waals surface area contributed by atoms with E-state index in [4.69, 9.17) is 16.3 Å². The Morgan fingerprint density at radius 3 is 2.39 bits per heavy atom. The molecule has 3 aromatic rings. The molecule has 0 spiro atoms. The number of halogens is 2. The molecule has 0 saturated carbocycles. The summed E-state index contributed by atoms with van der Waals surface area (Å²) in [5, 5.41) is 4.40. The summed E-state index contributed by atoms with van der Waals surface area (Å²) in [6.45, 7) is 0. The van der Waals surface area contributed by atoms with Crippen LogP contribution in [-0.4, -0.2) is 18.1 Å². The summed E-state index contributed by atoms with van der Waals surface area (Å²) < 4.78 is 6.12. The van der Waals surface area contributed by atoms with E-state index in [0.29, 0.717) is 21.9 Å². The van der Waals surface area contributed by atoms with Crippen molar-refractivity contribution < 1.29 is 14.3 Å². The average molecular weight is 458 g/mol. The van der Waals surface area contributed by atoms with E-state index < -0.39 is 5.97 Å². The second-order valence-corrected chi connectivity index (χ2v) is 7.03. The molecule has 3 aromatic carbocycles. The molecule has 0 aliphatic heterocycles. The van der Waals surface area contributed by atoms with Crippen molar-refractivity contribution in [3.05, 3.63) is 99.0 Å². The third-order valence-electron chi connectivity index (χ3n) is 3.62. The molecule has 1 N–H and O–H groups in total. The summed E-state index contributed by atoms with van der Waals surface area (Å²) in [5.41, 5.74) is 4.06. The first-order valence-corrected chi connectivity index (χ1v) is 9.35. The Kier molecular flexibility index (Phi) is 6.57. The number of hydrazone groups is 1. The zero-order valence-corrected chi connectivity index (χ0v) is 16.8. The first-order chi connectivity index (χ1) is 13.5. The standard InChI is InChI=1S/C21H14BrClN2O3/c22-17-5-1-3-15(11-17)20(26)25-24-13-14-7-9-19(10-8-14)28-21(27)16-4-2-6-18(23)12-16/h1-13H,(H,25,26)/b24-13+. The summed E-state index contributed by atoms with van der Waals surface area (Å²) >= 11 is 9.19. The summed E-state index contributed by atoms with van der Waals surface area (Å²) in [6.07, 6.45) is 1.50.